The Morgan fingerprint density at radius 1 is 1.52 bits per heavy atom. The van der Waals surface area contributed by atoms with Gasteiger partial charge in [-0.2, -0.15) is 5.10 Å². The Morgan fingerprint density at radius 3 is 2.90 bits per heavy atom. The molecule has 0 aliphatic rings. The van der Waals surface area contributed by atoms with E-state index in [9.17, 15) is 0 Å². The van der Waals surface area contributed by atoms with Crippen molar-refractivity contribution in [2.45, 2.75) is 26.4 Å². The van der Waals surface area contributed by atoms with Crippen LogP contribution >= 0.6 is 0 Å². The lowest BCUT2D eigenvalue weighted by atomic mass is 10.3. The minimum atomic E-state index is 0.544. The first-order valence-electron chi connectivity index (χ1n) is 6.83. The van der Waals surface area contributed by atoms with Gasteiger partial charge >= 0.3 is 0 Å². The zero-order chi connectivity index (χ0) is 15.2. The number of nitrogens with one attached hydrogen (secondary N) is 1. The minimum absolute atomic E-state index is 0.544. The molecule has 0 aliphatic carbocycles. The average Bonchev–Trinajstić information content (AvgIpc) is 3.09. The molecule has 0 fully saturated rings. The van der Waals surface area contributed by atoms with E-state index in [1.54, 1.807) is 18.1 Å². The average molecular weight is 291 g/mol. The molecular weight excluding hydrogens is 270 g/mol. The molecule has 2 aromatic heterocycles. The first kappa shape index (κ1) is 15.0. The number of aryl methyl sites for hydroxylation is 2. The Balaban J connectivity index is 1.92. The lowest BCUT2D eigenvalue weighted by Crippen LogP contribution is -2.38. The summed E-state index contributed by atoms with van der Waals surface area (Å²) in [4.78, 5) is 10.4. The second-order valence-electron chi connectivity index (χ2n) is 4.69. The highest BCUT2D eigenvalue weighted by molar-refractivity contribution is 5.79. The molecule has 0 saturated carbocycles. The van der Waals surface area contributed by atoms with Crippen LogP contribution in [0.1, 0.15) is 24.2 Å². The fourth-order valence-electron chi connectivity index (χ4n) is 1.91. The molecule has 8 nitrogen and oxygen atoms in total. The van der Waals surface area contributed by atoms with Gasteiger partial charge in [0.1, 0.15) is 12.2 Å². The maximum Gasteiger partial charge on any atom is 0.194 e. The first-order valence-corrected chi connectivity index (χ1v) is 6.83. The van der Waals surface area contributed by atoms with Crippen LogP contribution in [0.3, 0.4) is 0 Å². The first-order chi connectivity index (χ1) is 10.1. The summed E-state index contributed by atoms with van der Waals surface area (Å²) in [6, 6.07) is 1.95. The van der Waals surface area contributed by atoms with E-state index in [0.29, 0.717) is 13.1 Å². The third-order valence-corrected chi connectivity index (χ3v) is 3.15. The topological polar surface area (TPSA) is 84.4 Å². The summed E-state index contributed by atoms with van der Waals surface area (Å²) in [5.41, 5.74) is 0.953. The monoisotopic (exact) mass is 291 g/mol. The van der Waals surface area contributed by atoms with E-state index in [0.717, 1.165) is 29.7 Å². The van der Waals surface area contributed by atoms with E-state index in [2.05, 4.69) is 25.5 Å². The Labute approximate surface area is 123 Å². The summed E-state index contributed by atoms with van der Waals surface area (Å²) in [5.74, 6) is 2.42. The zero-order valence-corrected chi connectivity index (χ0v) is 12.9. The van der Waals surface area contributed by atoms with Gasteiger partial charge in [0.05, 0.1) is 18.8 Å². The number of guanidine groups is 1. The summed E-state index contributed by atoms with van der Waals surface area (Å²) in [6.07, 6.45) is 2.41. The molecule has 0 aromatic carbocycles. The number of hydrogen-bond acceptors (Lipinski definition) is 5. The van der Waals surface area contributed by atoms with E-state index in [1.165, 1.54) is 0 Å². The lowest BCUT2D eigenvalue weighted by molar-refractivity contribution is 0.370. The maximum absolute atomic E-state index is 5.24. The second-order valence-corrected chi connectivity index (χ2v) is 4.69. The summed E-state index contributed by atoms with van der Waals surface area (Å²) in [6.45, 7) is 3.21. The number of hydrogen-bond donors (Lipinski definition) is 1. The molecule has 1 N–H and O–H groups in total. The van der Waals surface area contributed by atoms with Crippen molar-refractivity contribution in [2.24, 2.45) is 12.0 Å². The predicted molar refractivity (Wildman–Crippen MR) is 78.5 cm³/mol. The summed E-state index contributed by atoms with van der Waals surface area (Å²) in [7, 11) is 5.56. The van der Waals surface area contributed by atoms with Crippen LogP contribution in [0.4, 0.5) is 0 Å². The quantitative estimate of drug-likeness (QED) is 0.640. The molecule has 2 aromatic rings. The Morgan fingerprint density at radius 2 is 2.33 bits per heavy atom. The van der Waals surface area contributed by atoms with Crippen LogP contribution in [-0.4, -0.2) is 44.9 Å². The Bertz CT molecular complexity index is 601. The molecule has 0 saturated heterocycles. The standard InChI is InChI=1S/C13H21N7O/c1-5-10-6-11(21-18-10)7-15-13(14-2)19(3)8-12-16-9-17-20(12)4/h6,9H,5,7-8H2,1-4H3,(H,14,15). The molecule has 0 unspecified atom stereocenters. The van der Waals surface area contributed by atoms with Gasteiger partial charge in [0.2, 0.25) is 0 Å². The molecule has 0 spiro atoms. The van der Waals surface area contributed by atoms with Gasteiger partial charge in [0, 0.05) is 27.2 Å². The van der Waals surface area contributed by atoms with Crippen molar-refractivity contribution < 1.29 is 4.52 Å². The van der Waals surface area contributed by atoms with Crippen LogP contribution < -0.4 is 5.32 Å². The van der Waals surface area contributed by atoms with Crippen LogP contribution in [0.25, 0.3) is 0 Å². The van der Waals surface area contributed by atoms with Crippen LogP contribution in [0.15, 0.2) is 21.9 Å². The highest BCUT2D eigenvalue weighted by Gasteiger charge is 2.11. The molecule has 114 valence electrons. The van der Waals surface area contributed by atoms with E-state index >= 15 is 0 Å². The zero-order valence-electron chi connectivity index (χ0n) is 12.9. The van der Waals surface area contributed by atoms with Gasteiger partial charge in [-0.25, -0.2) is 4.98 Å². The van der Waals surface area contributed by atoms with E-state index in [4.69, 9.17) is 4.52 Å². The third-order valence-electron chi connectivity index (χ3n) is 3.15. The van der Waals surface area contributed by atoms with Gasteiger partial charge in [0.15, 0.2) is 11.7 Å². The molecule has 21 heavy (non-hydrogen) atoms. The predicted octanol–water partition coefficient (Wildman–Crippen LogP) is 0.573. The molecule has 0 amide bonds. The molecule has 8 heteroatoms. The number of rotatable bonds is 5. The van der Waals surface area contributed by atoms with E-state index < -0.39 is 0 Å². The molecule has 2 heterocycles. The number of aromatic nitrogens is 4. The molecular formula is C13H21N7O. The number of aliphatic imine (C=N–C) groups is 1. The van der Waals surface area contributed by atoms with E-state index in [-0.39, 0.29) is 0 Å². The van der Waals surface area contributed by atoms with Gasteiger partial charge in [-0.15, -0.1) is 0 Å². The van der Waals surface area contributed by atoms with Crippen LogP contribution in [-0.2, 0) is 26.6 Å². The smallest absolute Gasteiger partial charge is 0.194 e. The van der Waals surface area contributed by atoms with Gasteiger partial charge in [-0.3, -0.25) is 9.67 Å². The summed E-state index contributed by atoms with van der Waals surface area (Å²) < 4.78 is 6.99. The van der Waals surface area contributed by atoms with Gasteiger partial charge < -0.3 is 14.7 Å². The fourth-order valence-corrected chi connectivity index (χ4v) is 1.91. The molecule has 0 atom stereocenters. The fraction of sp³-hybridized carbons (Fsp3) is 0.538. The van der Waals surface area contributed by atoms with E-state index in [1.807, 2.05) is 32.0 Å². The largest absolute Gasteiger partial charge is 0.359 e. The minimum Gasteiger partial charge on any atom is -0.359 e. The highest BCUT2D eigenvalue weighted by atomic mass is 16.5. The van der Waals surface area contributed by atoms with Gasteiger partial charge in [0.25, 0.3) is 0 Å². The van der Waals surface area contributed by atoms with Gasteiger partial charge in [-0.05, 0) is 6.42 Å². The van der Waals surface area contributed by atoms with Crippen molar-refractivity contribution in [3.05, 3.63) is 29.7 Å². The van der Waals surface area contributed by atoms with Crippen molar-refractivity contribution in [2.75, 3.05) is 14.1 Å². The van der Waals surface area contributed by atoms with Crippen LogP contribution in [0, 0.1) is 0 Å². The molecule has 0 bridgehead atoms. The van der Waals surface area contributed by atoms with Crippen molar-refractivity contribution >= 4 is 5.96 Å². The number of nitrogens with zero attached hydrogens (tertiary/aromatic N) is 6. The Hall–Kier alpha value is -2.38. The maximum atomic E-state index is 5.24. The van der Waals surface area contributed by atoms with Crippen LogP contribution in [0.5, 0.6) is 0 Å². The Kier molecular flexibility index (Phi) is 4.91. The summed E-state index contributed by atoms with van der Waals surface area (Å²) >= 11 is 0. The highest BCUT2D eigenvalue weighted by Crippen LogP contribution is 2.04. The van der Waals surface area contributed by atoms with Crippen LogP contribution in [0.2, 0.25) is 0 Å². The van der Waals surface area contributed by atoms with Crippen molar-refractivity contribution in [3.8, 4) is 0 Å². The lowest BCUT2D eigenvalue weighted by Gasteiger charge is -2.20. The normalized spacial score (nSPS) is 11.7. The molecule has 2 rings (SSSR count). The second kappa shape index (κ2) is 6.87. The molecule has 0 aliphatic heterocycles. The van der Waals surface area contributed by atoms with Crippen molar-refractivity contribution in [1.82, 2.24) is 30.1 Å². The SMILES string of the molecule is CCc1cc(CNC(=NC)N(C)Cc2ncnn2C)on1. The molecule has 0 radical (unpaired) electrons. The van der Waals surface area contributed by atoms with Crippen molar-refractivity contribution in [1.29, 1.82) is 0 Å². The van der Waals surface area contributed by atoms with Gasteiger partial charge in [-0.1, -0.05) is 12.1 Å². The van der Waals surface area contributed by atoms with Crippen molar-refractivity contribution in [3.63, 3.8) is 0 Å². The third kappa shape index (κ3) is 3.80. The summed E-state index contributed by atoms with van der Waals surface area (Å²) in [5, 5.41) is 11.3.